The van der Waals surface area contributed by atoms with Gasteiger partial charge in [0, 0.05) is 13.0 Å². The molecule has 27 heavy (non-hydrogen) atoms. The summed E-state index contributed by atoms with van der Waals surface area (Å²) >= 11 is 0. The molecule has 0 aromatic heterocycles. The van der Waals surface area contributed by atoms with E-state index in [1.54, 1.807) is 0 Å². The Morgan fingerprint density at radius 1 is 1.00 bits per heavy atom. The summed E-state index contributed by atoms with van der Waals surface area (Å²) in [6, 6.07) is 5.31. The normalized spacial score (nSPS) is 15.2. The third-order valence-corrected chi connectivity index (χ3v) is 4.82. The highest BCUT2D eigenvalue weighted by Crippen LogP contribution is 2.29. The van der Waals surface area contributed by atoms with Gasteiger partial charge in [-0.1, -0.05) is 18.6 Å². The number of piperidine rings is 1. The highest BCUT2D eigenvalue weighted by molar-refractivity contribution is 5.85. The SMILES string of the molecule is Cl.O=C(CCCN1CCCCC1)NCCCCc1ccc(C(F)(F)F)cc1. The van der Waals surface area contributed by atoms with Crippen molar-refractivity contribution in [2.45, 2.75) is 57.5 Å². The second-order valence-corrected chi connectivity index (χ2v) is 7.01. The van der Waals surface area contributed by atoms with Crippen LogP contribution in [0.1, 0.15) is 56.1 Å². The van der Waals surface area contributed by atoms with Gasteiger partial charge in [-0.25, -0.2) is 0 Å². The fraction of sp³-hybridized carbons (Fsp3) is 0.650. The fourth-order valence-corrected chi connectivity index (χ4v) is 3.28. The maximum atomic E-state index is 12.5. The van der Waals surface area contributed by atoms with E-state index < -0.39 is 11.7 Å². The van der Waals surface area contributed by atoms with Crippen molar-refractivity contribution in [3.8, 4) is 0 Å². The van der Waals surface area contributed by atoms with Crippen LogP contribution in [-0.2, 0) is 17.4 Å². The number of amides is 1. The topological polar surface area (TPSA) is 32.3 Å². The summed E-state index contributed by atoms with van der Waals surface area (Å²) in [5.74, 6) is 0.0940. The van der Waals surface area contributed by atoms with Crippen molar-refractivity contribution in [2.24, 2.45) is 0 Å². The quantitative estimate of drug-likeness (QED) is 0.595. The number of hydrogen-bond acceptors (Lipinski definition) is 2. The van der Waals surface area contributed by atoms with Crippen molar-refractivity contribution >= 4 is 18.3 Å². The third-order valence-electron chi connectivity index (χ3n) is 4.82. The first-order chi connectivity index (χ1) is 12.4. The van der Waals surface area contributed by atoms with E-state index in [-0.39, 0.29) is 18.3 Å². The number of halogens is 4. The number of rotatable bonds is 9. The number of hydrogen-bond donors (Lipinski definition) is 1. The third kappa shape index (κ3) is 9.47. The van der Waals surface area contributed by atoms with Crippen molar-refractivity contribution < 1.29 is 18.0 Å². The van der Waals surface area contributed by atoms with E-state index in [0.717, 1.165) is 63.0 Å². The van der Waals surface area contributed by atoms with E-state index in [1.807, 2.05) is 0 Å². The van der Waals surface area contributed by atoms with Crippen LogP contribution in [0.25, 0.3) is 0 Å². The van der Waals surface area contributed by atoms with Crippen LogP contribution in [0.3, 0.4) is 0 Å². The molecule has 1 amide bonds. The number of carbonyl (C=O) groups is 1. The van der Waals surface area contributed by atoms with E-state index in [2.05, 4.69) is 10.2 Å². The Hall–Kier alpha value is -1.27. The Labute approximate surface area is 166 Å². The molecule has 2 rings (SSSR count). The van der Waals surface area contributed by atoms with Gasteiger partial charge in [0.2, 0.25) is 5.91 Å². The zero-order valence-electron chi connectivity index (χ0n) is 15.7. The van der Waals surface area contributed by atoms with Crippen LogP contribution in [0.5, 0.6) is 0 Å². The van der Waals surface area contributed by atoms with E-state index in [9.17, 15) is 18.0 Å². The van der Waals surface area contributed by atoms with Crippen molar-refractivity contribution in [3.05, 3.63) is 35.4 Å². The van der Waals surface area contributed by atoms with Gasteiger partial charge >= 0.3 is 6.18 Å². The minimum Gasteiger partial charge on any atom is -0.356 e. The van der Waals surface area contributed by atoms with Gasteiger partial charge in [-0.2, -0.15) is 13.2 Å². The molecule has 0 spiro atoms. The van der Waals surface area contributed by atoms with Crippen LogP contribution < -0.4 is 5.32 Å². The molecule has 154 valence electrons. The Morgan fingerprint density at radius 3 is 2.30 bits per heavy atom. The van der Waals surface area contributed by atoms with Gasteiger partial charge in [-0.3, -0.25) is 4.79 Å². The van der Waals surface area contributed by atoms with Gasteiger partial charge in [0.15, 0.2) is 0 Å². The van der Waals surface area contributed by atoms with Gasteiger partial charge in [0.25, 0.3) is 0 Å². The number of alkyl halides is 3. The van der Waals surface area contributed by atoms with Gasteiger partial charge in [-0.15, -0.1) is 12.4 Å². The van der Waals surface area contributed by atoms with Crippen molar-refractivity contribution in [1.82, 2.24) is 10.2 Å². The molecule has 1 aromatic carbocycles. The molecule has 0 saturated carbocycles. The minimum atomic E-state index is -4.28. The lowest BCUT2D eigenvalue weighted by molar-refractivity contribution is -0.137. The molecule has 1 heterocycles. The molecular formula is C20H30ClF3N2O. The predicted octanol–water partition coefficient (Wildman–Crippen LogP) is 4.83. The second kappa shape index (κ2) is 12.2. The first-order valence-electron chi connectivity index (χ1n) is 9.60. The van der Waals surface area contributed by atoms with Crippen LogP contribution >= 0.6 is 12.4 Å². The summed E-state index contributed by atoms with van der Waals surface area (Å²) in [6.45, 7) is 3.95. The molecule has 0 unspecified atom stereocenters. The maximum absolute atomic E-state index is 12.5. The molecule has 1 aromatic rings. The van der Waals surface area contributed by atoms with Crippen LogP contribution in [0, 0.1) is 0 Å². The molecule has 1 aliphatic rings. The Bertz CT molecular complexity index is 543. The molecule has 0 bridgehead atoms. The fourth-order valence-electron chi connectivity index (χ4n) is 3.28. The molecule has 7 heteroatoms. The molecule has 3 nitrogen and oxygen atoms in total. The summed E-state index contributed by atoms with van der Waals surface area (Å²) < 4.78 is 37.5. The highest BCUT2D eigenvalue weighted by atomic mass is 35.5. The average Bonchev–Trinajstić information content (AvgIpc) is 2.62. The zero-order valence-corrected chi connectivity index (χ0v) is 16.5. The minimum absolute atomic E-state index is 0. The first-order valence-corrected chi connectivity index (χ1v) is 9.60. The Balaban J connectivity index is 0.00000364. The largest absolute Gasteiger partial charge is 0.416 e. The van der Waals surface area contributed by atoms with Crippen LogP contribution in [0.2, 0.25) is 0 Å². The smallest absolute Gasteiger partial charge is 0.356 e. The number of nitrogens with one attached hydrogen (secondary N) is 1. The number of nitrogens with zero attached hydrogens (tertiary/aromatic N) is 1. The molecular weight excluding hydrogens is 377 g/mol. The predicted molar refractivity (Wildman–Crippen MR) is 104 cm³/mol. The maximum Gasteiger partial charge on any atom is 0.416 e. The monoisotopic (exact) mass is 406 g/mol. The molecule has 0 radical (unpaired) electrons. The van der Waals surface area contributed by atoms with Gasteiger partial charge in [-0.05, 0) is 75.9 Å². The van der Waals surface area contributed by atoms with E-state index in [4.69, 9.17) is 0 Å². The van der Waals surface area contributed by atoms with Crippen LogP contribution in [0.4, 0.5) is 13.2 Å². The van der Waals surface area contributed by atoms with E-state index >= 15 is 0 Å². The lowest BCUT2D eigenvalue weighted by Crippen LogP contribution is -2.31. The molecule has 1 saturated heterocycles. The molecule has 1 N–H and O–H groups in total. The molecule has 1 aliphatic heterocycles. The number of benzene rings is 1. The lowest BCUT2D eigenvalue weighted by atomic mass is 10.1. The lowest BCUT2D eigenvalue weighted by Gasteiger charge is -2.26. The Morgan fingerprint density at radius 2 is 1.67 bits per heavy atom. The zero-order chi connectivity index (χ0) is 18.8. The van der Waals surface area contributed by atoms with E-state index in [1.165, 1.54) is 31.4 Å². The molecule has 0 aliphatic carbocycles. The van der Waals surface area contributed by atoms with Gasteiger partial charge < -0.3 is 10.2 Å². The molecule has 1 fully saturated rings. The van der Waals surface area contributed by atoms with Crippen molar-refractivity contribution in [2.75, 3.05) is 26.2 Å². The number of aryl methyl sites for hydroxylation is 1. The summed E-state index contributed by atoms with van der Waals surface area (Å²) in [5.41, 5.74) is 0.281. The molecule has 0 atom stereocenters. The number of carbonyl (C=O) groups excluding carboxylic acids is 1. The number of unbranched alkanes of at least 4 members (excludes halogenated alkanes) is 1. The van der Waals surface area contributed by atoms with Crippen LogP contribution in [0.15, 0.2) is 24.3 Å². The van der Waals surface area contributed by atoms with Crippen molar-refractivity contribution in [1.29, 1.82) is 0 Å². The van der Waals surface area contributed by atoms with E-state index in [0.29, 0.717) is 13.0 Å². The summed E-state index contributed by atoms with van der Waals surface area (Å²) in [5, 5.41) is 2.93. The number of likely N-dealkylation sites (tertiary alicyclic amines) is 1. The average molecular weight is 407 g/mol. The second-order valence-electron chi connectivity index (χ2n) is 7.01. The van der Waals surface area contributed by atoms with Crippen LogP contribution in [-0.4, -0.2) is 37.0 Å². The summed E-state index contributed by atoms with van der Waals surface area (Å²) in [6.07, 6.45) is 3.45. The summed E-state index contributed by atoms with van der Waals surface area (Å²) in [7, 11) is 0. The van der Waals surface area contributed by atoms with Gasteiger partial charge in [0.05, 0.1) is 5.56 Å². The standard InChI is InChI=1S/C20H29F3N2O.ClH/c21-20(22,23)18-11-9-17(10-12-18)7-2-3-13-24-19(26)8-6-16-25-14-4-1-5-15-25;/h9-12H,1-8,13-16H2,(H,24,26);1H. The first kappa shape index (κ1) is 23.8. The van der Waals surface area contributed by atoms with Crippen molar-refractivity contribution in [3.63, 3.8) is 0 Å². The highest BCUT2D eigenvalue weighted by Gasteiger charge is 2.29. The Kier molecular flexibility index (Phi) is 10.8. The summed E-state index contributed by atoms with van der Waals surface area (Å²) in [4.78, 5) is 14.2. The van der Waals surface area contributed by atoms with Gasteiger partial charge in [0.1, 0.15) is 0 Å².